The summed E-state index contributed by atoms with van der Waals surface area (Å²) in [5, 5.41) is 27.0. The summed E-state index contributed by atoms with van der Waals surface area (Å²) in [5.41, 5.74) is 0.371. The predicted octanol–water partition coefficient (Wildman–Crippen LogP) is 7.27. The van der Waals surface area contributed by atoms with Gasteiger partial charge in [-0.05, 0) is 29.3 Å². The van der Waals surface area contributed by atoms with E-state index in [2.05, 4.69) is 5.32 Å². The quantitative estimate of drug-likeness (QED) is 0.173. The van der Waals surface area contributed by atoms with Gasteiger partial charge in [0.2, 0.25) is 0 Å². The summed E-state index contributed by atoms with van der Waals surface area (Å²) in [7, 11) is 0. The number of halogens is 2. The van der Waals surface area contributed by atoms with Crippen LogP contribution in [0.1, 0.15) is 21.5 Å². The Labute approximate surface area is 227 Å². The summed E-state index contributed by atoms with van der Waals surface area (Å²) in [6, 6.07) is 24.7. The molecule has 38 heavy (non-hydrogen) atoms. The van der Waals surface area contributed by atoms with Gasteiger partial charge in [-0.3, -0.25) is 25.0 Å². The molecule has 4 aromatic rings. The molecular weight excluding hydrogens is 531 g/mol. The summed E-state index contributed by atoms with van der Waals surface area (Å²) < 4.78 is 0. The van der Waals surface area contributed by atoms with Gasteiger partial charge >= 0.3 is 0 Å². The average Bonchev–Trinajstić information content (AvgIpc) is 2.90. The van der Waals surface area contributed by atoms with Crippen molar-refractivity contribution in [2.45, 2.75) is 13.1 Å². The van der Waals surface area contributed by atoms with Crippen molar-refractivity contribution in [2.24, 2.45) is 0 Å². The Kier molecular flexibility index (Phi) is 8.20. The van der Waals surface area contributed by atoms with Crippen molar-refractivity contribution >= 4 is 51.9 Å². The molecule has 0 radical (unpaired) electrons. The number of nitro benzene ring substituents is 2. The second-order valence-electron chi connectivity index (χ2n) is 8.28. The number of nitrogens with one attached hydrogen (secondary N) is 1. The number of hydrogen-bond donors (Lipinski definition) is 1. The largest absolute Gasteiger partial charge is 0.357 e. The van der Waals surface area contributed by atoms with Crippen LogP contribution in [0.2, 0.25) is 10.0 Å². The van der Waals surface area contributed by atoms with E-state index in [4.69, 9.17) is 23.2 Å². The lowest BCUT2D eigenvalue weighted by molar-refractivity contribution is -0.393. The van der Waals surface area contributed by atoms with E-state index in [9.17, 15) is 25.0 Å². The zero-order chi connectivity index (χ0) is 27.2. The molecule has 192 valence electrons. The van der Waals surface area contributed by atoms with Crippen LogP contribution >= 0.6 is 23.2 Å². The molecule has 1 amide bonds. The van der Waals surface area contributed by atoms with Crippen LogP contribution in [-0.4, -0.2) is 15.8 Å². The normalized spacial score (nSPS) is 10.6. The van der Waals surface area contributed by atoms with E-state index in [1.807, 2.05) is 60.7 Å². The number of nitrogens with zero attached hydrogens (tertiary/aromatic N) is 3. The molecule has 4 aromatic carbocycles. The summed E-state index contributed by atoms with van der Waals surface area (Å²) in [6.45, 7) is 0.382. The number of benzene rings is 4. The number of carbonyl (C=O) groups is 1. The number of carbonyl (C=O) groups excluding carboxylic acids is 1. The molecule has 0 aliphatic rings. The maximum atomic E-state index is 13.6. The highest BCUT2D eigenvalue weighted by atomic mass is 35.5. The van der Waals surface area contributed by atoms with Crippen LogP contribution in [0.5, 0.6) is 0 Å². The van der Waals surface area contributed by atoms with Crippen molar-refractivity contribution in [3.8, 4) is 0 Å². The van der Waals surface area contributed by atoms with E-state index in [1.54, 1.807) is 4.90 Å². The summed E-state index contributed by atoms with van der Waals surface area (Å²) in [4.78, 5) is 37.6. The van der Waals surface area contributed by atoms with Gasteiger partial charge in [0.1, 0.15) is 5.69 Å². The fourth-order valence-corrected chi connectivity index (χ4v) is 4.41. The van der Waals surface area contributed by atoms with E-state index in [1.165, 1.54) is 18.2 Å². The zero-order valence-electron chi connectivity index (χ0n) is 19.7. The van der Waals surface area contributed by atoms with Gasteiger partial charge in [-0.25, -0.2) is 0 Å². The highest BCUT2D eigenvalue weighted by molar-refractivity contribution is 6.36. The lowest BCUT2D eigenvalue weighted by atomic mass is 10.0. The van der Waals surface area contributed by atoms with Gasteiger partial charge in [0, 0.05) is 24.2 Å². The topological polar surface area (TPSA) is 119 Å². The molecule has 0 saturated heterocycles. The number of non-ortho nitro benzene ring substituents is 1. The molecule has 0 spiro atoms. The molecule has 0 unspecified atom stereocenters. The molecule has 0 aromatic heterocycles. The van der Waals surface area contributed by atoms with Gasteiger partial charge in [-0.15, -0.1) is 0 Å². The summed E-state index contributed by atoms with van der Waals surface area (Å²) in [5.74, 6) is -0.804. The first-order valence-corrected chi connectivity index (χ1v) is 12.0. The molecule has 0 fully saturated rings. The molecule has 4 rings (SSSR count). The molecule has 9 nitrogen and oxygen atoms in total. The molecule has 0 atom stereocenters. The van der Waals surface area contributed by atoms with Gasteiger partial charge < -0.3 is 10.2 Å². The van der Waals surface area contributed by atoms with E-state index < -0.39 is 27.1 Å². The number of amides is 1. The van der Waals surface area contributed by atoms with Crippen molar-refractivity contribution in [1.82, 2.24) is 0 Å². The van der Waals surface area contributed by atoms with Gasteiger partial charge in [0.05, 0.1) is 32.2 Å². The average molecular weight is 551 g/mol. The zero-order valence-corrected chi connectivity index (χ0v) is 21.2. The second-order valence-corrected chi connectivity index (χ2v) is 9.12. The van der Waals surface area contributed by atoms with Gasteiger partial charge in [0.15, 0.2) is 0 Å². The molecule has 0 aliphatic heterocycles. The minimum atomic E-state index is -0.804. The molecular formula is C27H20Cl2N4O5. The van der Waals surface area contributed by atoms with Crippen molar-refractivity contribution in [1.29, 1.82) is 0 Å². The molecule has 0 bridgehead atoms. The Morgan fingerprint density at radius 1 is 0.789 bits per heavy atom. The fourth-order valence-electron chi connectivity index (χ4n) is 3.96. The smallest absolute Gasteiger partial charge is 0.300 e. The minimum Gasteiger partial charge on any atom is -0.357 e. The van der Waals surface area contributed by atoms with Crippen LogP contribution in [0.25, 0.3) is 0 Å². The van der Waals surface area contributed by atoms with Crippen molar-refractivity contribution in [3.05, 3.63) is 138 Å². The first-order valence-electron chi connectivity index (χ1n) is 11.3. The monoisotopic (exact) mass is 550 g/mol. The highest BCUT2D eigenvalue weighted by Gasteiger charge is 2.31. The number of anilines is 2. The lowest BCUT2D eigenvalue weighted by Crippen LogP contribution is -2.27. The fraction of sp³-hybridized carbons (Fsp3) is 0.0741. The van der Waals surface area contributed by atoms with Crippen molar-refractivity contribution < 1.29 is 14.6 Å². The third-order valence-corrected chi connectivity index (χ3v) is 6.20. The molecule has 1 N–H and O–H groups in total. The van der Waals surface area contributed by atoms with Gasteiger partial charge in [-0.2, -0.15) is 0 Å². The van der Waals surface area contributed by atoms with Crippen LogP contribution < -0.4 is 10.2 Å². The van der Waals surface area contributed by atoms with Crippen LogP contribution in [-0.2, 0) is 13.1 Å². The summed E-state index contributed by atoms with van der Waals surface area (Å²) in [6.07, 6.45) is 0. The molecule has 0 aliphatic carbocycles. The highest BCUT2D eigenvalue weighted by Crippen LogP contribution is 2.39. The number of hydrogen-bond acceptors (Lipinski definition) is 6. The molecule has 0 saturated carbocycles. The first kappa shape index (κ1) is 26.6. The van der Waals surface area contributed by atoms with E-state index in [0.29, 0.717) is 5.02 Å². The van der Waals surface area contributed by atoms with Crippen molar-refractivity contribution in [3.63, 3.8) is 0 Å². The Bertz CT molecular complexity index is 1460. The first-order chi connectivity index (χ1) is 18.2. The molecule has 0 heterocycles. The van der Waals surface area contributed by atoms with E-state index in [-0.39, 0.29) is 35.1 Å². The maximum absolute atomic E-state index is 13.6. The van der Waals surface area contributed by atoms with Crippen LogP contribution in [0.3, 0.4) is 0 Å². The Morgan fingerprint density at radius 2 is 1.37 bits per heavy atom. The lowest BCUT2D eigenvalue weighted by Gasteiger charge is -2.27. The van der Waals surface area contributed by atoms with Crippen molar-refractivity contribution in [2.75, 3.05) is 10.2 Å². The molecule has 11 heteroatoms. The predicted molar refractivity (Wildman–Crippen MR) is 147 cm³/mol. The Hall–Kier alpha value is -4.47. The number of rotatable bonds is 9. The Balaban J connectivity index is 1.90. The van der Waals surface area contributed by atoms with E-state index in [0.717, 1.165) is 23.3 Å². The Morgan fingerprint density at radius 3 is 1.87 bits per heavy atom. The van der Waals surface area contributed by atoms with Crippen LogP contribution in [0, 0.1) is 20.2 Å². The minimum absolute atomic E-state index is 0.0594. The van der Waals surface area contributed by atoms with E-state index >= 15 is 0 Å². The maximum Gasteiger partial charge on any atom is 0.300 e. The second kappa shape index (κ2) is 11.7. The third kappa shape index (κ3) is 6.26. The number of nitro groups is 2. The SMILES string of the molecule is O=C(Nc1ccc(Cl)cc1Cl)c1cc([N+](=O)[O-])cc([N+](=O)[O-])c1N(Cc1ccccc1)Cc1ccccc1. The van der Waals surface area contributed by atoms with Gasteiger partial charge in [-0.1, -0.05) is 83.9 Å². The summed E-state index contributed by atoms with van der Waals surface area (Å²) >= 11 is 12.2. The standard InChI is InChI=1S/C27H20Cl2N4O5/c28-20-11-12-24(23(29)13-20)30-27(34)22-14-21(32(35)36)15-25(33(37)38)26(22)31(16-18-7-3-1-4-8-18)17-19-9-5-2-6-10-19/h1-15H,16-17H2,(H,30,34). The van der Waals surface area contributed by atoms with Crippen LogP contribution in [0.15, 0.2) is 91.0 Å². The van der Waals surface area contributed by atoms with Gasteiger partial charge in [0.25, 0.3) is 17.3 Å². The third-order valence-electron chi connectivity index (χ3n) is 5.65. The van der Waals surface area contributed by atoms with Crippen LogP contribution in [0.4, 0.5) is 22.7 Å².